The molecule has 1 aromatic carbocycles. The van der Waals surface area contributed by atoms with Crippen molar-refractivity contribution in [3.8, 4) is 0 Å². The van der Waals surface area contributed by atoms with Crippen LogP contribution in [0.25, 0.3) is 0 Å². The van der Waals surface area contributed by atoms with Gasteiger partial charge in [-0.3, -0.25) is 9.69 Å². The third kappa shape index (κ3) is 2.66. The Balaban J connectivity index is 1.82. The topological polar surface area (TPSA) is 23.6 Å². The minimum atomic E-state index is 0.239. The Morgan fingerprint density at radius 3 is 2.58 bits per heavy atom. The van der Waals surface area contributed by atoms with Gasteiger partial charge in [-0.05, 0) is 18.4 Å². The van der Waals surface area contributed by atoms with Crippen LogP contribution >= 0.6 is 0 Å². The van der Waals surface area contributed by atoms with E-state index in [1.807, 2.05) is 13.0 Å². The van der Waals surface area contributed by atoms with Crippen molar-refractivity contribution in [1.29, 1.82) is 0 Å². The summed E-state index contributed by atoms with van der Waals surface area (Å²) in [7, 11) is 0. The minimum Gasteiger partial charge on any atom is -0.333 e. The van der Waals surface area contributed by atoms with Crippen LogP contribution in [-0.4, -0.2) is 41.4 Å². The first kappa shape index (κ1) is 12.7. The molecule has 1 unspecified atom stereocenters. The molecule has 3 rings (SSSR count). The summed E-state index contributed by atoms with van der Waals surface area (Å²) < 4.78 is 0. The highest BCUT2D eigenvalue weighted by Gasteiger charge is 2.37. The average Bonchev–Trinajstić information content (AvgIpc) is 3.31. The summed E-state index contributed by atoms with van der Waals surface area (Å²) in [5.74, 6) is 0.282. The maximum absolute atomic E-state index is 12.2. The fourth-order valence-corrected chi connectivity index (χ4v) is 3.04. The molecule has 1 aliphatic carbocycles. The third-order valence-electron chi connectivity index (χ3n) is 4.28. The second-order valence-corrected chi connectivity index (χ2v) is 5.59. The Morgan fingerprint density at radius 2 is 1.95 bits per heavy atom. The number of hydrogen-bond donors (Lipinski definition) is 0. The molecular weight excluding hydrogens is 236 g/mol. The standard InChI is InChI=1S/C16H22N2O/c1-2-16(19)18-11-10-17(14-8-9-14)12-15(18)13-6-4-3-5-7-13/h3-7,14-15H,2,8-12H2,1H3. The van der Waals surface area contributed by atoms with E-state index in [1.165, 1.54) is 18.4 Å². The maximum Gasteiger partial charge on any atom is 0.222 e. The largest absolute Gasteiger partial charge is 0.333 e. The monoisotopic (exact) mass is 258 g/mol. The Labute approximate surface area is 115 Å². The number of rotatable bonds is 3. The van der Waals surface area contributed by atoms with Crippen LogP contribution in [0, 0.1) is 0 Å². The van der Waals surface area contributed by atoms with Crippen LogP contribution in [0.2, 0.25) is 0 Å². The van der Waals surface area contributed by atoms with Crippen molar-refractivity contribution in [2.75, 3.05) is 19.6 Å². The van der Waals surface area contributed by atoms with E-state index in [1.54, 1.807) is 0 Å². The predicted octanol–water partition coefficient (Wildman–Crippen LogP) is 2.44. The van der Waals surface area contributed by atoms with Gasteiger partial charge in [0.15, 0.2) is 0 Å². The lowest BCUT2D eigenvalue weighted by Gasteiger charge is -2.42. The van der Waals surface area contributed by atoms with Crippen molar-refractivity contribution in [3.05, 3.63) is 35.9 Å². The maximum atomic E-state index is 12.2. The second-order valence-electron chi connectivity index (χ2n) is 5.59. The minimum absolute atomic E-state index is 0.239. The van der Waals surface area contributed by atoms with Crippen molar-refractivity contribution < 1.29 is 4.79 Å². The summed E-state index contributed by atoms with van der Waals surface area (Å²) in [6.45, 7) is 4.88. The molecule has 0 bridgehead atoms. The molecule has 2 aliphatic rings. The highest BCUT2D eigenvalue weighted by Crippen LogP contribution is 2.33. The highest BCUT2D eigenvalue weighted by molar-refractivity contribution is 5.76. The van der Waals surface area contributed by atoms with Gasteiger partial charge in [0.1, 0.15) is 0 Å². The summed E-state index contributed by atoms with van der Waals surface area (Å²) in [4.78, 5) is 16.8. The summed E-state index contributed by atoms with van der Waals surface area (Å²) >= 11 is 0. The first-order valence-corrected chi connectivity index (χ1v) is 7.38. The molecular formula is C16H22N2O. The molecule has 0 N–H and O–H groups in total. The highest BCUT2D eigenvalue weighted by atomic mass is 16.2. The van der Waals surface area contributed by atoms with Gasteiger partial charge < -0.3 is 4.90 Å². The zero-order valence-electron chi connectivity index (χ0n) is 11.6. The van der Waals surface area contributed by atoms with E-state index < -0.39 is 0 Å². The van der Waals surface area contributed by atoms with E-state index in [4.69, 9.17) is 0 Å². The van der Waals surface area contributed by atoms with Crippen molar-refractivity contribution in [2.45, 2.75) is 38.3 Å². The summed E-state index contributed by atoms with van der Waals surface area (Å²) in [5, 5.41) is 0. The van der Waals surface area contributed by atoms with Gasteiger partial charge in [-0.1, -0.05) is 37.3 Å². The van der Waals surface area contributed by atoms with Crippen LogP contribution in [0.1, 0.15) is 37.8 Å². The van der Waals surface area contributed by atoms with Crippen molar-refractivity contribution >= 4 is 5.91 Å². The smallest absolute Gasteiger partial charge is 0.222 e. The molecule has 1 saturated heterocycles. The quantitative estimate of drug-likeness (QED) is 0.831. The second kappa shape index (κ2) is 5.33. The lowest BCUT2D eigenvalue weighted by Crippen LogP contribution is -2.51. The van der Waals surface area contributed by atoms with Crippen LogP contribution in [0.15, 0.2) is 30.3 Å². The van der Waals surface area contributed by atoms with E-state index in [-0.39, 0.29) is 11.9 Å². The molecule has 1 aliphatic heterocycles. The van der Waals surface area contributed by atoms with Gasteiger partial charge in [0.05, 0.1) is 6.04 Å². The molecule has 3 heteroatoms. The van der Waals surface area contributed by atoms with Gasteiger partial charge in [-0.2, -0.15) is 0 Å². The molecule has 0 radical (unpaired) electrons. The normalized spacial score (nSPS) is 24.5. The molecule has 0 aromatic heterocycles. The summed E-state index contributed by atoms with van der Waals surface area (Å²) in [5.41, 5.74) is 1.27. The zero-order valence-corrected chi connectivity index (χ0v) is 11.6. The van der Waals surface area contributed by atoms with E-state index in [0.717, 1.165) is 25.7 Å². The Morgan fingerprint density at radius 1 is 1.21 bits per heavy atom. The lowest BCUT2D eigenvalue weighted by molar-refractivity contribution is -0.136. The van der Waals surface area contributed by atoms with E-state index in [9.17, 15) is 4.79 Å². The fraction of sp³-hybridized carbons (Fsp3) is 0.562. The Hall–Kier alpha value is -1.35. The first-order chi connectivity index (χ1) is 9.29. The fourth-order valence-electron chi connectivity index (χ4n) is 3.04. The molecule has 0 spiro atoms. The molecule has 3 nitrogen and oxygen atoms in total. The lowest BCUT2D eigenvalue weighted by atomic mass is 10.0. The number of hydrogen-bond acceptors (Lipinski definition) is 2. The summed E-state index contributed by atoms with van der Waals surface area (Å²) in [6.07, 6.45) is 3.28. The number of benzene rings is 1. The number of amides is 1. The van der Waals surface area contributed by atoms with Gasteiger partial charge in [0.25, 0.3) is 0 Å². The van der Waals surface area contributed by atoms with Crippen LogP contribution < -0.4 is 0 Å². The van der Waals surface area contributed by atoms with E-state index in [2.05, 4.69) is 34.1 Å². The summed E-state index contributed by atoms with van der Waals surface area (Å²) in [6, 6.07) is 11.5. The predicted molar refractivity (Wildman–Crippen MR) is 75.8 cm³/mol. The van der Waals surface area contributed by atoms with Gasteiger partial charge >= 0.3 is 0 Å². The van der Waals surface area contributed by atoms with Gasteiger partial charge in [0, 0.05) is 32.1 Å². The van der Waals surface area contributed by atoms with Gasteiger partial charge in [0.2, 0.25) is 5.91 Å². The molecule has 1 saturated carbocycles. The third-order valence-corrected chi connectivity index (χ3v) is 4.28. The van der Waals surface area contributed by atoms with Crippen molar-refractivity contribution in [1.82, 2.24) is 9.80 Å². The number of piperazine rings is 1. The molecule has 1 heterocycles. The zero-order chi connectivity index (χ0) is 13.2. The van der Waals surface area contributed by atoms with Crippen LogP contribution in [0.3, 0.4) is 0 Å². The van der Waals surface area contributed by atoms with E-state index in [0.29, 0.717) is 6.42 Å². The molecule has 102 valence electrons. The van der Waals surface area contributed by atoms with Crippen LogP contribution in [-0.2, 0) is 4.79 Å². The first-order valence-electron chi connectivity index (χ1n) is 7.38. The van der Waals surface area contributed by atoms with Gasteiger partial charge in [-0.15, -0.1) is 0 Å². The molecule has 1 amide bonds. The molecule has 2 fully saturated rings. The number of carbonyl (C=O) groups excluding carboxylic acids is 1. The molecule has 1 atom stereocenters. The Bertz CT molecular complexity index is 441. The van der Waals surface area contributed by atoms with Crippen LogP contribution in [0.4, 0.5) is 0 Å². The SMILES string of the molecule is CCC(=O)N1CCN(C2CC2)CC1c1ccccc1. The Kier molecular flexibility index (Phi) is 3.56. The molecule has 1 aromatic rings. The van der Waals surface area contributed by atoms with Crippen molar-refractivity contribution in [2.24, 2.45) is 0 Å². The van der Waals surface area contributed by atoms with Gasteiger partial charge in [-0.25, -0.2) is 0 Å². The van der Waals surface area contributed by atoms with E-state index >= 15 is 0 Å². The van der Waals surface area contributed by atoms with Crippen molar-refractivity contribution in [3.63, 3.8) is 0 Å². The average molecular weight is 258 g/mol. The van der Waals surface area contributed by atoms with Crippen LogP contribution in [0.5, 0.6) is 0 Å². The number of carbonyl (C=O) groups is 1. The number of nitrogens with zero attached hydrogens (tertiary/aromatic N) is 2. The molecule has 19 heavy (non-hydrogen) atoms.